The summed E-state index contributed by atoms with van der Waals surface area (Å²) in [6.07, 6.45) is 25.3. The van der Waals surface area contributed by atoms with E-state index in [2.05, 4.69) is 0 Å². The predicted octanol–water partition coefficient (Wildman–Crippen LogP) is 6.21. The number of ether oxygens (including phenoxy) is 3. The second kappa shape index (κ2) is 12.0. The first kappa shape index (κ1) is 31.7. The fourth-order valence-corrected chi connectivity index (χ4v) is 4.34. The van der Waals surface area contributed by atoms with E-state index in [0.717, 1.165) is 6.42 Å². The van der Waals surface area contributed by atoms with Crippen molar-refractivity contribution in [2.45, 2.75) is 84.7 Å². The number of rotatable bonds is 11. The van der Waals surface area contributed by atoms with Crippen LogP contribution < -0.4 is 0 Å². The summed E-state index contributed by atoms with van der Waals surface area (Å²) in [5.74, 6) is 1.90. The zero-order chi connectivity index (χ0) is 29.8. The number of aliphatic hydroxyl groups is 3. The van der Waals surface area contributed by atoms with E-state index < -0.39 is 33.7 Å². The molecule has 0 amide bonds. The number of hydrogen-bond acceptors (Lipinski definition) is 6. The van der Waals surface area contributed by atoms with Crippen LogP contribution in [-0.2, 0) is 14.2 Å². The summed E-state index contributed by atoms with van der Waals surface area (Å²) >= 11 is 0. The zero-order valence-corrected chi connectivity index (χ0v) is 25.3. The van der Waals surface area contributed by atoms with E-state index in [4.69, 9.17) is 14.2 Å². The van der Waals surface area contributed by atoms with Crippen molar-refractivity contribution >= 4 is 0 Å². The van der Waals surface area contributed by atoms with Gasteiger partial charge in [0.25, 0.3) is 0 Å². The molecule has 3 atom stereocenters. The molecule has 0 radical (unpaired) electrons. The highest BCUT2D eigenvalue weighted by molar-refractivity contribution is 5.31. The SMILES string of the molecule is CC(C)(O)C1C=C(OC(COC2=CC=CC(C)(C(C)(C)O)C=C2)COC2=CC=CC(C)(C(C)(C)O)C=C2)C=CC1. The van der Waals surface area contributed by atoms with Crippen LogP contribution in [0.3, 0.4) is 0 Å². The van der Waals surface area contributed by atoms with E-state index in [1.807, 2.05) is 92.8 Å². The van der Waals surface area contributed by atoms with Gasteiger partial charge in [-0.3, -0.25) is 0 Å². The quantitative estimate of drug-likeness (QED) is 0.282. The Morgan fingerprint density at radius 1 is 0.750 bits per heavy atom. The predicted molar refractivity (Wildman–Crippen MR) is 160 cm³/mol. The summed E-state index contributed by atoms with van der Waals surface area (Å²) < 4.78 is 18.7. The van der Waals surface area contributed by atoms with Crippen LogP contribution in [0.25, 0.3) is 0 Å². The largest absolute Gasteiger partial charge is 0.490 e. The monoisotopic (exact) mass is 552 g/mol. The molecule has 3 N–H and O–H groups in total. The van der Waals surface area contributed by atoms with Crippen LogP contribution in [0.1, 0.15) is 61.8 Å². The standard InChI is InChI=1S/C34H48O6/c1-30(2,35)25-12-9-13-28(22-25)40-29(23-38-26-14-10-18-33(7,20-16-26)31(3,4)36)24-39-27-15-11-19-34(8,21-17-27)32(5,6)37/h9-11,13-22,25,29,35-37H,12,23-24H2,1-8H3. The molecule has 0 saturated heterocycles. The highest BCUT2D eigenvalue weighted by Gasteiger charge is 2.36. The Kier molecular flexibility index (Phi) is 9.50. The van der Waals surface area contributed by atoms with Gasteiger partial charge >= 0.3 is 0 Å². The van der Waals surface area contributed by atoms with Crippen LogP contribution in [0, 0.1) is 16.7 Å². The van der Waals surface area contributed by atoms with Crippen molar-refractivity contribution < 1.29 is 29.5 Å². The van der Waals surface area contributed by atoms with Crippen molar-refractivity contribution in [3.05, 3.63) is 96.3 Å². The molecule has 220 valence electrons. The molecule has 6 nitrogen and oxygen atoms in total. The number of allylic oxidation sites excluding steroid dienone is 8. The van der Waals surface area contributed by atoms with Crippen molar-refractivity contribution in [3.8, 4) is 0 Å². The lowest BCUT2D eigenvalue weighted by Gasteiger charge is -2.35. The average molecular weight is 553 g/mol. The molecule has 3 unspecified atom stereocenters. The first-order chi connectivity index (χ1) is 18.4. The molecular formula is C34H48O6. The second-order valence-electron chi connectivity index (χ2n) is 13.0. The van der Waals surface area contributed by atoms with E-state index in [-0.39, 0.29) is 19.1 Å². The first-order valence-corrected chi connectivity index (χ1v) is 14.1. The molecule has 40 heavy (non-hydrogen) atoms. The van der Waals surface area contributed by atoms with Crippen LogP contribution in [-0.4, -0.2) is 51.4 Å². The number of hydrogen-bond donors (Lipinski definition) is 3. The lowest BCUT2D eigenvalue weighted by atomic mass is 9.75. The Labute approximate surface area is 240 Å². The van der Waals surface area contributed by atoms with Crippen molar-refractivity contribution in [2.24, 2.45) is 16.7 Å². The first-order valence-electron chi connectivity index (χ1n) is 14.1. The van der Waals surface area contributed by atoms with Crippen molar-refractivity contribution in [2.75, 3.05) is 13.2 Å². The topological polar surface area (TPSA) is 88.4 Å². The summed E-state index contributed by atoms with van der Waals surface area (Å²) in [5, 5.41) is 31.8. The van der Waals surface area contributed by atoms with Gasteiger partial charge in [-0.15, -0.1) is 0 Å². The highest BCUT2D eigenvalue weighted by atomic mass is 16.6. The van der Waals surface area contributed by atoms with Crippen LogP contribution >= 0.6 is 0 Å². The van der Waals surface area contributed by atoms with Crippen molar-refractivity contribution in [1.82, 2.24) is 0 Å². The van der Waals surface area contributed by atoms with E-state index >= 15 is 0 Å². The van der Waals surface area contributed by atoms with Gasteiger partial charge in [0, 0.05) is 16.7 Å². The molecule has 3 rings (SSSR count). The van der Waals surface area contributed by atoms with Gasteiger partial charge in [0.05, 0.1) is 16.8 Å². The average Bonchev–Trinajstić information content (AvgIpc) is 3.16. The van der Waals surface area contributed by atoms with E-state index in [1.54, 1.807) is 41.5 Å². The van der Waals surface area contributed by atoms with Crippen molar-refractivity contribution in [1.29, 1.82) is 0 Å². The molecule has 0 saturated carbocycles. The summed E-state index contributed by atoms with van der Waals surface area (Å²) in [7, 11) is 0. The molecule has 0 aromatic carbocycles. The summed E-state index contributed by atoms with van der Waals surface area (Å²) in [6, 6.07) is 0. The maximum absolute atomic E-state index is 10.6. The van der Waals surface area contributed by atoms with Crippen LogP contribution in [0.4, 0.5) is 0 Å². The van der Waals surface area contributed by atoms with Gasteiger partial charge in [-0.05, 0) is 98.3 Å². The van der Waals surface area contributed by atoms with Gasteiger partial charge in [0.1, 0.15) is 30.5 Å². The fourth-order valence-electron chi connectivity index (χ4n) is 4.34. The van der Waals surface area contributed by atoms with E-state index in [9.17, 15) is 15.3 Å². The van der Waals surface area contributed by atoms with Gasteiger partial charge in [-0.2, -0.15) is 0 Å². The molecular weight excluding hydrogens is 504 g/mol. The molecule has 0 spiro atoms. The Morgan fingerprint density at radius 3 is 1.65 bits per heavy atom. The summed E-state index contributed by atoms with van der Waals surface area (Å²) in [4.78, 5) is 0. The third-order valence-electron chi connectivity index (χ3n) is 8.35. The van der Waals surface area contributed by atoms with E-state index in [1.165, 1.54) is 0 Å². The molecule has 3 aliphatic rings. The van der Waals surface area contributed by atoms with Crippen LogP contribution in [0.15, 0.2) is 96.3 Å². The minimum absolute atomic E-state index is 0.0655. The van der Waals surface area contributed by atoms with Crippen molar-refractivity contribution in [3.63, 3.8) is 0 Å². The van der Waals surface area contributed by atoms with Crippen LogP contribution in [0.5, 0.6) is 0 Å². The van der Waals surface area contributed by atoms with Gasteiger partial charge in [0.2, 0.25) is 0 Å². The third kappa shape index (κ3) is 8.12. The normalized spacial score (nSPS) is 27.8. The molecule has 0 aromatic heterocycles. The Bertz CT molecular complexity index is 1080. The molecule has 0 fully saturated rings. The lowest BCUT2D eigenvalue weighted by Crippen LogP contribution is -2.38. The molecule has 3 aliphatic carbocycles. The molecule has 0 bridgehead atoms. The van der Waals surface area contributed by atoms with Gasteiger partial charge < -0.3 is 29.5 Å². The minimum atomic E-state index is -0.935. The summed E-state index contributed by atoms with van der Waals surface area (Å²) in [5.41, 5.74) is -3.82. The van der Waals surface area contributed by atoms with Gasteiger partial charge in [0.15, 0.2) is 6.10 Å². The Balaban J connectivity index is 1.74. The molecule has 0 heterocycles. The fraction of sp³-hybridized carbons (Fsp3) is 0.529. The third-order valence-corrected chi connectivity index (χ3v) is 8.35. The maximum Gasteiger partial charge on any atom is 0.166 e. The second-order valence-corrected chi connectivity index (χ2v) is 13.0. The molecule has 6 heteroatoms. The lowest BCUT2D eigenvalue weighted by molar-refractivity contribution is -0.00200. The highest BCUT2D eigenvalue weighted by Crippen LogP contribution is 2.37. The van der Waals surface area contributed by atoms with Gasteiger partial charge in [-0.1, -0.05) is 42.5 Å². The smallest absolute Gasteiger partial charge is 0.166 e. The molecule has 0 aromatic rings. The van der Waals surface area contributed by atoms with Crippen LogP contribution in [0.2, 0.25) is 0 Å². The maximum atomic E-state index is 10.6. The minimum Gasteiger partial charge on any atom is -0.490 e. The molecule has 0 aliphatic heterocycles. The van der Waals surface area contributed by atoms with E-state index in [0.29, 0.717) is 17.3 Å². The van der Waals surface area contributed by atoms with Gasteiger partial charge in [-0.25, -0.2) is 0 Å². The Morgan fingerprint density at radius 2 is 1.23 bits per heavy atom. The summed E-state index contributed by atoms with van der Waals surface area (Å²) in [6.45, 7) is 15.1. The zero-order valence-electron chi connectivity index (χ0n) is 25.3. The Hall–Kier alpha value is -2.80.